The van der Waals surface area contributed by atoms with Crippen molar-refractivity contribution < 1.29 is 0 Å². The van der Waals surface area contributed by atoms with Crippen molar-refractivity contribution in [2.45, 2.75) is 33.1 Å². The van der Waals surface area contributed by atoms with Gasteiger partial charge in [-0.2, -0.15) is 5.26 Å². The minimum absolute atomic E-state index is 0.0148. The van der Waals surface area contributed by atoms with Gasteiger partial charge in [-0.3, -0.25) is 4.98 Å². The molecule has 0 aliphatic heterocycles. The lowest BCUT2D eigenvalue weighted by Gasteiger charge is -2.26. The molecule has 1 N–H and O–H groups in total. The number of benzene rings is 1. The molecule has 0 unspecified atom stereocenters. The number of pyridine rings is 1. The predicted octanol–water partition coefficient (Wildman–Crippen LogP) is 3.96. The predicted molar refractivity (Wildman–Crippen MR) is 86.4 cm³/mol. The van der Waals surface area contributed by atoms with E-state index in [4.69, 9.17) is 0 Å². The lowest BCUT2D eigenvalue weighted by Crippen LogP contribution is -2.28. The van der Waals surface area contributed by atoms with Crippen LogP contribution in [0.5, 0.6) is 0 Å². The number of hydrogen-bond acceptors (Lipinski definition) is 3. The summed E-state index contributed by atoms with van der Waals surface area (Å²) in [5.74, 6) is 0. The van der Waals surface area contributed by atoms with Gasteiger partial charge in [-0.15, -0.1) is 0 Å². The molecule has 0 spiro atoms. The molecule has 2 rings (SSSR count). The largest absolute Gasteiger partial charge is 0.383 e. The molecular formula is C18H21N3. The highest BCUT2D eigenvalue weighted by atomic mass is 14.9. The van der Waals surface area contributed by atoms with Gasteiger partial charge in [-0.05, 0) is 25.5 Å². The Labute approximate surface area is 126 Å². The highest BCUT2D eigenvalue weighted by molar-refractivity contribution is 5.60. The Kier molecular flexibility index (Phi) is 4.28. The summed E-state index contributed by atoms with van der Waals surface area (Å²) in [5.41, 5.74) is 4.46. The van der Waals surface area contributed by atoms with Crippen molar-refractivity contribution in [1.29, 1.82) is 5.26 Å². The average molecular weight is 279 g/mol. The van der Waals surface area contributed by atoms with Gasteiger partial charge < -0.3 is 5.32 Å². The summed E-state index contributed by atoms with van der Waals surface area (Å²) in [6.45, 7) is 8.97. The Morgan fingerprint density at radius 2 is 1.86 bits per heavy atom. The van der Waals surface area contributed by atoms with Crippen molar-refractivity contribution in [3.05, 3.63) is 58.9 Å². The van der Waals surface area contributed by atoms with E-state index >= 15 is 0 Å². The average Bonchev–Trinajstić information content (AvgIpc) is 2.46. The summed E-state index contributed by atoms with van der Waals surface area (Å²) in [4.78, 5) is 4.35. The van der Waals surface area contributed by atoms with E-state index in [1.165, 1.54) is 5.56 Å². The molecule has 0 radical (unpaired) electrons. The zero-order chi connectivity index (χ0) is 15.5. The Balaban J connectivity index is 2.23. The van der Waals surface area contributed by atoms with Crippen LogP contribution in [0.3, 0.4) is 0 Å². The monoisotopic (exact) mass is 279 g/mol. The number of nitriles is 1. The van der Waals surface area contributed by atoms with E-state index in [1.54, 1.807) is 0 Å². The quantitative estimate of drug-likeness (QED) is 0.921. The molecule has 1 heterocycles. The SMILES string of the molecule is Cc1cc(NCC(C)(C)c2ccccc2)c(C#N)c(C)n1. The van der Waals surface area contributed by atoms with E-state index in [2.05, 4.69) is 54.5 Å². The summed E-state index contributed by atoms with van der Waals surface area (Å²) in [5, 5.41) is 12.7. The summed E-state index contributed by atoms with van der Waals surface area (Å²) >= 11 is 0. The molecule has 0 saturated heterocycles. The van der Waals surface area contributed by atoms with Gasteiger partial charge in [0.1, 0.15) is 6.07 Å². The van der Waals surface area contributed by atoms with E-state index < -0.39 is 0 Å². The fraction of sp³-hybridized carbons (Fsp3) is 0.333. The normalized spacial score (nSPS) is 11.0. The smallest absolute Gasteiger partial charge is 0.103 e. The van der Waals surface area contributed by atoms with Gasteiger partial charge in [-0.25, -0.2) is 0 Å². The van der Waals surface area contributed by atoms with Crippen LogP contribution >= 0.6 is 0 Å². The first-order valence-corrected chi connectivity index (χ1v) is 7.12. The molecule has 3 heteroatoms. The lowest BCUT2D eigenvalue weighted by molar-refractivity contribution is 0.557. The molecule has 1 aromatic heterocycles. The highest BCUT2D eigenvalue weighted by Gasteiger charge is 2.20. The first-order chi connectivity index (χ1) is 9.94. The molecule has 1 aromatic carbocycles. The van der Waals surface area contributed by atoms with Crippen molar-refractivity contribution in [3.8, 4) is 6.07 Å². The molecule has 0 aliphatic carbocycles. The number of anilines is 1. The molecule has 108 valence electrons. The van der Waals surface area contributed by atoms with Gasteiger partial charge in [0.25, 0.3) is 0 Å². The van der Waals surface area contributed by atoms with Crippen LogP contribution in [0.1, 0.15) is 36.4 Å². The topological polar surface area (TPSA) is 48.7 Å². The lowest BCUT2D eigenvalue weighted by atomic mass is 9.84. The van der Waals surface area contributed by atoms with Crippen LogP contribution in [0.25, 0.3) is 0 Å². The molecule has 0 atom stereocenters. The van der Waals surface area contributed by atoms with Crippen LogP contribution in [0.15, 0.2) is 36.4 Å². The zero-order valence-electron chi connectivity index (χ0n) is 13.1. The molecule has 0 aliphatic rings. The van der Waals surface area contributed by atoms with Gasteiger partial charge in [0.15, 0.2) is 0 Å². The first-order valence-electron chi connectivity index (χ1n) is 7.12. The van der Waals surface area contributed by atoms with Crippen LogP contribution in [-0.2, 0) is 5.41 Å². The van der Waals surface area contributed by atoms with Crippen LogP contribution in [0, 0.1) is 25.2 Å². The third-order valence-electron chi connectivity index (χ3n) is 3.72. The number of hydrogen-bond donors (Lipinski definition) is 1. The minimum Gasteiger partial charge on any atom is -0.383 e. The molecular weight excluding hydrogens is 258 g/mol. The van der Waals surface area contributed by atoms with Gasteiger partial charge in [-0.1, -0.05) is 44.2 Å². The van der Waals surface area contributed by atoms with Crippen molar-refractivity contribution >= 4 is 5.69 Å². The first kappa shape index (κ1) is 15.1. The van der Waals surface area contributed by atoms with Gasteiger partial charge in [0.2, 0.25) is 0 Å². The Morgan fingerprint density at radius 3 is 2.48 bits per heavy atom. The second-order valence-corrected chi connectivity index (χ2v) is 5.99. The molecule has 2 aromatic rings. The second kappa shape index (κ2) is 5.97. The molecule has 3 nitrogen and oxygen atoms in total. The van der Waals surface area contributed by atoms with Crippen LogP contribution in [-0.4, -0.2) is 11.5 Å². The highest BCUT2D eigenvalue weighted by Crippen LogP contribution is 2.25. The number of nitrogens with zero attached hydrogens (tertiary/aromatic N) is 2. The van der Waals surface area contributed by atoms with E-state index in [9.17, 15) is 5.26 Å². The molecule has 0 bridgehead atoms. The number of rotatable bonds is 4. The Bertz CT molecular complexity index is 667. The fourth-order valence-corrected chi connectivity index (χ4v) is 2.42. The molecule has 0 amide bonds. The summed E-state index contributed by atoms with van der Waals surface area (Å²) in [7, 11) is 0. The molecule has 0 saturated carbocycles. The summed E-state index contributed by atoms with van der Waals surface area (Å²) in [6.07, 6.45) is 0. The molecule has 0 fully saturated rings. The van der Waals surface area contributed by atoms with Crippen molar-refractivity contribution in [3.63, 3.8) is 0 Å². The van der Waals surface area contributed by atoms with Crippen LogP contribution in [0.4, 0.5) is 5.69 Å². The Hall–Kier alpha value is -2.34. The van der Waals surface area contributed by atoms with Crippen molar-refractivity contribution in [2.75, 3.05) is 11.9 Å². The summed E-state index contributed by atoms with van der Waals surface area (Å²) in [6, 6.07) is 14.6. The maximum atomic E-state index is 9.31. The maximum absolute atomic E-state index is 9.31. The van der Waals surface area contributed by atoms with Crippen molar-refractivity contribution in [1.82, 2.24) is 4.98 Å². The standard InChI is InChI=1S/C18H21N3/c1-13-10-17(16(11-19)14(2)21-13)20-12-18(3,4)15-8-6-5-7-9-15/h5-10H,12H2,1-4H3,(H,20,21). The van der Waals surface area contributed by atoms with E-state index in [-0.39, 0.29) is 5.41 Å². The number of aryl methyl sites for hydroxylation is 2. The van der Waals surface area contributed by atoms with E-state index in [1.807, 2.05) is 26.0 Å². The Morgan fingerprint density at radius 1 is 1.19 bits per heavy atom. The number of nitrogens with one attached hydrogen (secondary N) is 1. The van der Waals surface area contributed by atoms with Crippen LogP contribution < -0.4 is 5.32 Å². The second-order valence-electron chi connectivity index (χ2n) is 5.99. The minimum atomic E-state index is -0.0148. The van der Waals surface area contributed by atoms with Crippen LogP contribution in [0.2, 0.25) is 0 Å². The van der Waals surface area contributed by atoms with Crippen molar-refractivity contribution in [2.24, 2.45) is 0 Å². The zero-order valence-corrected chi connectivity index (χ0v) is 13.1. The van der Waals surface area contributed by atoms with Gasteiger partial charge in [0, 0.05) is 17.7 Å². The van der Waals surface area contributed by atoms with Gasteiger partial charge in [0.05, 0.1) is 16.9 Å². The third-order valence-corrected chi connectivity index (χ3v) is 3.72. The molecule has 21 heavy (non-hydrogen) atoms. The van der Waals surface area contributed by atoms with E-state index in [0.717, 1.165) is 23.6 Å². The summed E-state index contributed by atoms with van der Waals surface area (Å²) < 4.78 is 0. The fourth-order valence-electron chi connectivity index (χ4n) is 2.42. The number of aromatic nitrogens is 1. The van der Waals surface area contributed by atoms with E-state index in [0.29, 0.717) is 5.56 Å². The van der Waals surface area contributed by atoms with Gasteiger partial charge >= 0.3 is 0 Å². The maximum Gasteiger partial charge on any atom is 0.103 e. The third kappa shape index (κ3) is 3.41.